The Morgan fingerprint density at radius 1 is 0.871 bits per heavy atom. The van der Waals surface area contributed by atoms with E-state index in [1.54, 1.807) is 48.5 Å². The molecule has 5 nitrogen and oxygen atoms in total. The first kappa shape index (κ1) is 20.4. The molecule has 0 unspecified atom stereocenters. The average Bonchev–Trinajstić information content (AvgIpc) is 2.98. The maximum absolute atomic E-state index is 13.4. The van der Waals surface area contributed by atoms with E-state index in [1.165, 1.54) is 0 Å². The molecule has 0 atom stereocenters. The molecule has 0 radical (unpaired) electrons. The molecule has 0 saturated carbocycles. The average molecular weight is 428 g/mol. The predicted molar refractivity (Wildman–Crippen MR) is 122 cm³/mol. The monoisotopic (exact) mass is 427 g/mol. The minimum Gasteiger partial charge on any atom is -0.350 e. The maximum Gasteiger partial charge on any atom is 0.282 e. The second-order valence-corrected chi connectivity index (χ2v) is 7.80. The molecule has 2 amide bonds. The van der Waals surface area contributed by atoms with Gasteiger partial charge < -0.3 is 5.32 Å². The first-order valence-electron chi connectivity index (χ1n) is 9.62. The van der Waals surface area contributed by atoms with E-state index in [0.717, 1.165) is 21.7 Å². The summed E-state index contributed by atoms with van der Waals surface area (Å²) < 4.78 is 0. The van der Waals surface area contributed by atoms with Gasteiger partial charge in [0, 0.05) is 10.7 Å². The molecule has 3 aromatic rings. The smallest absolute Gasteiger partial charge is 0.282 e. The molecule has 31 heavy (non-hydrogen) atoms. The van der Waals surface area contributed by atoms with Crippen molar-refractivity contribution < 1.29 is 9.59 Å². The van der Waals surface area contributed by atoms with Crippen LogP contribution in [0.15, 0.2) is 72.4 Å². The number of imide groups is 1. The summed E-state index contributed by atoms with van der Waals surface area (Å²) in [4.78, 5) is 27.9. The fraction of sp³-hybridized carbons (Fsp3) is 0.0800. The second kappa shape index (κ2) is 8.10. The number of nitrogens with one attached hydrogen (secondary N) is 1. The largest absolute Gasteiger partial charge is 0.350 e. The molecule has 0 aromatic heterocycles. The van der Waals surface area contributed by atoms with Crippen molar-refractivity contribution in [3.05, 3.63) is 99.7 Å². The Labute approximate surface area is 185 Å². The molecule has 1 aliphatic rings. The molecule has 1 N–H and O–H groups in total. The van der Waals surface area contributed by atoms with Crippen LogP contribution >= 0.6 is 11.6 Å². The van der Waals surface area contributed by atoms with Crippen molar-refractivity contribution in [3.63, 3.8) is 0 Å². The number of halogens is 1. The van der Waals surface area contributed by atoms with Crippen LogP contribution in [-0.2, 0) is 9.59 Å². The molecule has 0 fully saturated rings. The van der Waals surface area contributed by atoms with Gasteiger partial charge in [0.05, 0.1) is 22.9 Å². The van der Waals surface area contributed by atoms with Gasteiger partial charge in [0.15, 0.2) is 0 Å². The molecule has 0 spiro atoms. The standard InChI is InChI=1S/C25H18ClN3O2/c1-15-11-16(2)13-20(12-15)28-23-22(18-5-7-19(26)8-6-18)24(30)29(25(23)31)21-9-3-17(14-27)4-10-21/h3-13,28H,1-2H3. The number of carbonyl (C=O) groups excluding carboxylic acids is 2. The Balaban J connectivity index is 1.82. The van der Waals surface area contributed by atoms with Crippen molar-refractivity contribution in [2.24, 2.45) is 0 Å². The SMILES string of the molecule is Cc1cc(C)cc(NC2=C(c3ccc(Cl)cc3)C(=O)N(c3ccc(C#N)cc3)C2=O)c1. The summed E-state index contributed by atoms with van der Waals surface area (Å²) in [5, 5.41) is 12.7. The number of hydrogen-bond acceptors (Lipinski definition) is 4. The van der Waals surface area contributed by atoms with Gasteiger partial charge in [-0.25, -0.2) is 4.90 Å². The fourth-order valence-electron chi connectivity index (χ4n) is 3.64. The van der Waals surface area contributed by atoms with Gasteiger partial charge in [-0.05, 0) is 79.1 Å². The molecule has 1 heterocycles. The van der Waals surface area contributed by atoms with Crippen molar-refractivity contribution in [2.75, 3.05) is 10.2 Å². The van der Waals surface area contributed by atoms with E-state index in [-0.39, 0.29) is 11.3 Å². The summed E-state index contributed by atoms with van der Waals surface area (Å²) >= 11 is 6.02. The van der Waals surface area contributed by atoms with E-state index < -0.39 is 11.8 Å². The number of rotatable bonds is 4. The van der Waals surface area contributed by atoms with Crippen LogP contribution in [0.25, 0.3) is 5.57 Å². The van der Waals surface area contributed by atoms with Gasteiger partial charge >= 0.3 is 0 Å². The lowest BCUT2D eigenvalue weighted by Gasteiger charge is -2.15. The zero-order valence-electron chi connectivity index (χ0n) is 16.9. The van der Waals surface area contributed by atoms with Crippen LogP contribution in [-0.4, -0.2) is 11.8 Å². The summed E-state index contributed by atoms with van der Waals surface area (Å²) in [5.74, 6) is -0.900. The summed E-state index contributed by atoms with van der Waals surface area (Å²) in [5.41, 5.74) is 4.70. The van der Waals surface area contributed by atoms with Crippen molar-refractivity contribution >= 4 is 40.4 Å². The highest BCUT2D eigenvalue weighted by molar-refractivity contribution is 6.46. The zero-order valence-corrected chi connectivity index (χ0v) is 17.7. The van der Waals surface area contributed by atoms with Crippen LogP contribution in [0.2, 0.25) is 5.02 Å². The molecule has 0 saturated heterocycles. The lowest BCUT2D eigenvalue weighted by Crippen LogP contribution is -2.32. The molecule has 0 aliphatic carbocycles. The summed E-state index contributed by atoms with van der Waals surface area (Å²) in [6.07, 6.45) is 0. The van der Waals surface area contributed by atoms with Gasteiger partial charge in [-0.1, -0.05) is 29.8 Å². The third kappa shape index (κ3) is 3.94. The van der Waals surface area contributed by atoms with Crippen molar-refractivity contribution in [1.82, 2.24) is 0 Å². The number of carbonyl (C=O) groups is 2. The number of nitrogens with zero attached hydrogens (tertiary/aromatic N) is 2. The van der Waals surface area contributed by atoms with E-state index in [1.807, 2.05) is 38.1 Å². The lowest BCUT2D eigenvalue weighted by molar-refractivity contribution is -0.120. The van der Waals surface area contributed by atoms with Crippen LogP contribution in [0, 0.1) is 25.2 Å². The van der Waals surface area contributed by atoms with E-state index >= 15 is 0 Å². The van der Waals surface area contributed by atoms with Crippen LogP contribution in [0.3, 0.4) is 0 Å². The van der Waals surface area contributed by atoms with Crippen LogP contribution < -0.4 is 10.2 Å². The number of hydrogen-bond donors (Lipinski definition) is 1. The molecular formula is C25H18ClN3O2. The molecular weight excluding hydrogens is 410 g/mol. The normalized spacial score (nSPS) is 13.5. The molecule has 1 aliphatic heterocycles. The zero-order chi connectivity index (χ0) is 22.1. The molecule has 152 valence electrons. The van der Waals surface area contributed by atoms with E-state index in [9.17, 15) is 9.59 Å². The second-order valence-electron chi connectivity index (χ2n) is 7.36. The Morgan fingerprint density at radius 3 is 2.06 bits per heavy atom. The van der Waals surface area contributed by atoms with Gasteiger partial charge in [-0.3, -0.25) is 9.59 Å². The molecule has 4 rings (SSSR count). The Morgan fingerprint density at radius 2 is 1.48 bits per heavy atom. The van der Waals surface area contributed by atoms with Gasteiger partial charge in [0.2, 0.25) is 0 Å². The van der Waals surface area contributed by atoms with Crippen molar-refractivity contribution in [2.45, 2.75) is 13.8 Å². The minimum atomic E-state index is -0.459. The van der Waals surface area contributed by atoms with E-state index in [0.29, 0.717) is 21.8 Å². The lowest BCUT2D eigenvalue weighted by atomic mass is 10.0. The Hall–Kier alpha value is -3.88. The minimum absolute atomic E-state index is 0.196. The Bertz CT molecular complexity index is 1250. The summed E-state index contributed by atoms with van der Waals surface area (Å²) in [7, 11) is 0. The third-order valence-electron chi connectivity index (χ3n) is 4.96. The quantitative estimate of drug-likeness (QED) is 0.579. The molecule has 6 heteroatoms. The number of benzene rings is 3. The summed E-state index contributed by atoms with van der Waals surface area (Å²) in [6.45, 7) is 3.94. The number of nitriles is 1. The van der Waals surface area contributed by atoms with Crippen LogP contribution in [0.5, 0.6) is 0 Å². The highest BCUT2D eigenvalue weighted by atomic mass is 35.5. The highest BCUT2D eigenvalue weighted by Crippen LogP contribution is 2.34. The Kier molecular flexibility index (Phi) is 5.33. The van der Waals surface area contributed by atoms with E-state index in [4.69, 9.17) is 16.9 Å². The third-order valence-corrected chi connectivity index (χ3v) is 5.21. The van der Waals surface area contributed by atoms with Gasteiger partial charge in [-0.15, -0.1) is 0 Å². The number of anilines is 2. The van der Waals surface area contributed by atoms with Crippen molar-refractivity contribution in [3.8, 4) is 6.07 Å². The molecule has 0 bridgehead atoms. The van der Waals surface area contributed by atoms with Gasteiger partial charge in [-0.2, -0.15) is 5.26 Å². The van der Waals surface area contributed by atoms with Crippen LogP contribution in [0.1, 0.15) is 22.3 Å². The predicted octanol–water partition coefficient (Wildman–Crippen LogP) is 5.23. The van der Waals surface area contributed by atoms with Crippen LogP contribution in [0.4, 0.5) is 11.4 Å². The highest BCUT2D eigenvalue weighted by Gasteiger charge is 2.40. The van der Waals surface area contributed by atoms with E-state index in [2.05, 4.69) is 5.32 Å². The fourth-order valence-corrected chi connectivity index (χ4v) is 3.77. The topological polar surface area (TPSA) is 73.2 Å². The van der Waals surface area contributed by atoms with Crippen molar-refractivity contribution in [1.29, 1.82) is 5.26 Å². The maximum atomic E-state index is 13.4. The number of amides is 2. The summed E-state index contributed by atoms with van der Waals surface area (Å²) in [6, 6.07) is 21.0. The van der Waals surface area contributed by atoms with Gasteiger partial charge in [0.25, 0.3) is 11.8 Å². The first-order valence-corrected chi connectivity index (χ1v) is 9.99. The first-order chi connectivity index (χ1) is 14.9. The molecule has 3 aromatic carbocycles. The number of aryl methyl sites for hydroxylation is 2. The van der Waals surface area contributed by atoms with Gasteiger partial charge in [0.1, 0.15) is 5.70 Å².